The third-order valence-electron chi connectivity index (χ3n) is 4.80. The van der Waals surface area contributed by atoms with Gasteiger partial charge in [-0.25, -0.2) is 0 Å². The Kier molecular flexibility index (Phi) is 5.00. The van der Waals surface area contributed by atoms with Gasteiger partial charge < -0.3 is 10.4 Å². The molecule has 3 heteroatoms. The standard InChI is InChI=1S/C24H30N2O/c1-23(2,3)17-13-16(15-26-24(4,5)6)22(27)20(14-17)18-9-7-11-21-19(18)10-8-12-25-21/h7-14,26-27H,15H2,1-6H3. The van der Waals surface area contributed by atoms with Gasteiger partial charge in [-0.2, -0.15) is 0 Å². The molecule has 0 saturated heterocycles. The van der Waals surface area contributed by atoms with Gasteiger partial charge in [0.25, 0.3) is 0 Å². The first kappa shape index (κ1) is 19.4. The van der Waals surface area contributed by atoms with Crippen LogP contribution < -0.4 is 5.32 Å². The van der Waals surface area contributed by atoms with E-state index in [9.17, 15) is 5.11 Å². The molecule has 1 aromatic heterocycles. The number of nitrogens with one attached hydrogen (secondary N) is 1. The number of aromatic nitrogens is 1. The van der Waals surface area contributed by atoms with Crippen LogP contribution >= 0.6 is 0 Å². The number of nitrogens with zero attached hydrogens (tertiary/aromatic N) is 1. The van der Waals surface area contributed by atoms with Gasteiger partial charge in [-0.3, -0.25) is 4.98 Å². The van der Waals surface area contributed by atoms with Crippen LogP contribution in [0.2, 0.25) is 0 Å². The van der Waals surface area contributed by atoms with Crippen LogP contribution in [0.4, 0.5) is 0 Å². The predicted octanol–water partition coefficient (Wildman–Crippen LogP) is 5.79. The largest absolute Gasteiger partial charge is 0.507 e. The van der Waals surface area contributed by atoms with E-state index in [0.29, 0.717) is 12.3 Å². The van der Waals surface area contributed by atoms with E-state index in [4.69, 9.17) is 0 Å². The van der Waals surface area contributed by atoms with Crippen molar-refractivity contribution in [2.75, 3.05) is 0 Å². The van der Waals surface area contributed by atoms with Gasteiger partial charge in [0.1, 0.15) is 5.75 Å². The summed E-state index contributed by atoms with van der Waals surface area (Å²) in [7, 11) is 0. The van der Waals surface area contributed by atoms with Gasteiger partial charge in [-0.15, -0.1) is 0 Å². The Bertz CT molecular complexity index is 957. The number of hydrogen-bond donors (Lipinski definition) is 2. The molecular formula is C24H30N2O. The van der Waals surface area contributed by atoms with Crippen molar-refractivity contribution in [3.05, 3.63) is 59.8 Å². The highest BCUT2D eigenvalue weighted by molar-refractivity contribution is 5.96. The van der Waals surface area contributed by atoms with Crippen molar-refractivity contribution in [2.24, 2.45) is 0 Å². The molecule has 0 aliphatic rings. The minimum atomic E-state index is -0.0201. The second-order valence-electron chi connectivity index (χ2n) is 9.26. The van der Waals surface area contributed by atoms with Crippen LogP contribution in [0.5, 0.6) is 5.75 Å². The van der Waals surface area contributed by atoms with E-state index in [2.05, 4.69) is 76.1 Å². The van der Waals surface area contributed by atoms with Crippen LogP contribution in [-0.4, -0.2) is 15.6 Å². The molecule has 0 aliphatic heterocycles. The summed E-state index contributed by atoms with van der Waals surface area (Å²) in [6, 6.07) is 14.3. The van der Waals surface area contributed by atoms with Gasteiger partial charge in [-0.1, -0.05) is 45.0 Å². The third kappa shape index (κ3) is 4.30. The Balaban J connectivity index is 2.22. The molecule has 3 rings (SSSR count). The Hall–Kier alpha value is -2.39. The smallest absolute Gasteiger partial charge is 0.127 e. The Morgan fingerprint density at radius 3 is 2.33 bits per heavy atom. The van der Waals surface area contributed by atoms with Crippen molar-refractivity contribution < 1.29 is 5.11 Å². The highest BCUT2D eigenvalue weighted by Crippen LogP contribution is 2.39. The van der Waals surface area contributed by atoms with E-state index in [0.717, 1.165) is 27.6 Å². The quantitative estimate of drug-likeness (QED) is 0.619. The maximum Gasteiger partial charge on any atom is 0.127 e. The first-order chi connectivity index (χ1) is 12.6. The molecule has 0 fully saturated rings. The monoisotopic (exact) mass is 362 g/mol. The molecule has 3 nitrogen and oxygen atoms in total. The highest BCUT2D eigenvalue weighted by atomic mass is 16.3. The molecule has 0 atom stereocenters. The van der Waals surface area contributed by atoms with Crippen LogP contribution in [0.25, 0.3) is 22.0 Å². The Morgan fingerprint density at radius 2 is 1.67 bits per heavy atom. The van der Waals surface area contributed by atoms with Crippen molar-refractivity contribution in [1.29, 1.82) is 0 Å². The van der Waals surface area contributed by atoms with Crippen molar-refractivity contribution >= 4 is 10.9 Å². The van der Waals surface area contributed by atoms with Crippen LogP contribution in [-0.2, 0) is 12.0 Å². The summed E-state index contributed by atoms with van der Waals surface area (Å²) in [4.78, 5) is 4.47. The van der Waals surface area contributed by atoms with Gasteiger partial charge in [0.15, 0.2) is 0 Å². The minimum Gasteiger partial charge on any atom is -0.507 e. The summed E-state index contributed by atoms with van der Waals surface area (Å²) in [6.07, 6.45) is 1.80. The van der Waals surface area contributed by atoms with Crippen LogP contribution in [0.15, 0.2) is 48.7 Å². The van der Waals surface area contributed by atoms with Gasteiger partial charge in [0.05, 0.1) is 5.52 Å². The average Bonchev–Trinajstić information content (AvgIpc) is 2.59. The van der Waals surface area contributed by atoms with E-state index >= 15 is 0 Å². The van der Waals surface area contributed by atoms with Crippen LogP contribution in [0, 0.1) is 0 Å². The highest BCUT2D eigenvalue weighted by Gasteiger charge is 2.21. The van der Waals surface area contributed by atoms with Gasteiger partial charge in [-0.05, 0) is 55.5 Å². The number of fused-ring (bicyclic) bond motifs is 1. The Labute approximate surface area is 162 Å². The SMILES string of the molecule is CC(C)(C)NCc1cc(C(C)(C)C)cc(-c2cccc3ncccc23)c1O. The zero-order chi connectivity index (χ0) is 19.8. The fourth-order valence-electron chi connectivity index (χ4n) is 3.17. The summed E-state index contributed by atoms with van der Waals surface area (Å²) < 4.78 is 0. The summed E-state index contributed by atoms with van der Waals surface area (Å²) in [5, 5.41) is 15.7. The van der Waals surface area contributed by atoms with Crippen molar-refractivity contribution in [1.82, 2.24) is 10.3 Å². The van der Waals surface area contributed by atoms with Gasteiger partial charge >= 0.3 is 0 Å². The van der Waals surface area contributed by atoms with Gasteiger partial charge in [0.2, 0.25) is 0 Å². The second-order valence-corrected chi connectivity index (χ2v) is 9.26. The van der Waals surface area contributed by atoms with Crippen molar-refractivity contribution in [3.8, 4) is 16.9 Å². The first-order valence-electron chi connectivity index (χ1n) is 9.52. The molecular weight excluding hydrogens is 332 g/mol. The second kappa shape index (κ2) is 6.97. The van der Waals surface area contributed by atoms with E-state index in [-0.39, 0.29) is 11.0 Å². The molecule has 0 saturated carbocycles. The van der Waals surface area contributed by atoms with Crippen LogP contribution in [0.3, 0.4) is 0 Å². The maximum atomic E-state index is 11.1. The average molecular weight is 363 g/mol. The summed E-state index contributed by atoms with van der Waals surface area (Å²) >= 11 is 0. The molecule has 0 spiro atoms. The number of hydrogen-bond acceptors (Lipinski definition) is 3. The normalized spacial score (nSPS) is 12.5. The predicted molar refractivity (Wildman–Crippen MR) is 114 cm³/mol. The number of rotatable bonds is 3. The lowest BCUT2D eigenvalue weighted by atomic mass is 9.83. The fraction of sp³-hybridized carbons (Fsp3) is 0.375. The first-order valence-corrected chi connectivity index (χ1v) is 9.52. The topological polar surface area (TPSA) is 45.2 Å². The Morgan fingerprint density at radius 1 is 0.926 bits per heavy atom. The third-order valence-corrected chi connectivity index (χ3v) is 4.80. The minimum absolute atomic E-state index is 0.0121. The van der Waals surface area contributed by atoms with Crippen molar-refractivity contribution in [3.63, 3.8) is 0 Å². The molecule has 0 amide bonds. The molecule has 2 aromatic carbocycles. The maximum absolute atomic E-state index is 11.1. The molecule has 1 heterocycles. The van der Waals surface area contributed by atoms with E-state index in [1.54, 1.807) is 6.20 Å². The van der Waals surface area contributed by atoms with Crippen LogP contribution in [0.1, 0.15) is 52.7 Å². The molecule has 0 aliphatic carbocycles. The van der Waals surface area contributed by atoms with E-state index in [1.807, 2.05) is 18.2 Å². The summed E-state index contributed by atoms with van der Waals surface area (Å²) in [5.41, 5.74) is 4.92. The molecule has 0 unspecified atom stereocenters. The van der Waals surface area contributed by atoms with E-state index in [1.165, 1.54) is 5.56 Å². The molecule has 27 heavy (non-hydrogen) atoms. The number of phenolic OH excluding ortho intramolecular Hbond substituents is 1. The molecule has 0 radical (unpaired) electrons. The lowest BCUT2D eigenvalue weighted by Crippen LogP contribution is -2.35. The number of benzene rings is 2. The summed E-state index contributed by atoms with van der Waals surface area (Å²) in [5.74, 6) is 0.344. The van der Waals surface area contributed by atoms with Gasteiger partial charge in [0, 0.05) is 34.8 Å². The lowest BCUT2D eigenvalue weighted by Gasteiger charge is -2.25. The molecule has 142 valence electrons. The fourth-order valence-corrected chi connectivity index (χ4v) is 3.17. The molecule has 3 aromatic rings. The zero-order valence-electron chi connectivity index (χ0n) is 17.2. The number of aromatic hydroxyl groups is 1. The molecule has 0 bridgehead atoms. The molecule has 2 N–H and O–H groups in total. The number of phenols is 1. The van der Waals surface area contributed by atoms with E-state index < -0.39 is 0 Å². The summed E-state index contributed by atoms with van der Waals surface area (Å²) in [6.45, 7) is 13.6. The van der Waals surface area contributed by atoms with Crippen molar-refractivity contribution in [2.45, 2.75) is 59.0 Å². The number of pyridine rings is 1. The zero-order valence-corrected chi connectivity index (χ0v) is 17.2. The lowest BCUT2D eigenvalue weighted by molar-refractivity contribution is 0.411.